The van der Waals surface area contributed by atoms with E-state index in [4.69, 9.17) is 3.32 Å². The third-order valence-corrected chi connectivity index (χ3v) is 3.61. The number of allylic oxidation sites excluding steroid dienone is 6. The van der Waals surface area contributed by atoms with Gasteiger partial charge in [-0.3, -0.25) is 0 Å². The van der Waals surface area contributed by atoms with Crippen molar-refractivity contribution < 1.29 is 24.1 Å². The third-order valence-electron chi connectivity index (χ3n) is 2.97. The van der Waals surface area contributed by atoms with Crippen LogP contribution >= 0.6 is 12.4 Å². The van der Waals surface area contributed by atoms with Gasteiger partial charge in [0.05, 0.1) is 0 Å². The summed E-state index contributed by atoms with van der Waals surface area (Å²) in [5.41, 5.74) is 2.51. The Kier molecular flexibility index (Phi) is 4.60. The number of rotatable bonds is 3. The summed E-state index contributed by atoms with van der Waals surface area (Å²) in [5, 5.41) is 0. The second-order valence-electron chi connectivity index (χ2n) is 3.78. The molecule has 79 valence electrons. The van der Waals surface area contributed by atoms with Gasteiger partial charge in [0.2, 0.25) is 0 Å². The first-order valence-electron chi connectivity index (χ1n) is 4.84. The maximum atomic E-state index is 5.69. The van der Waals surface area contributed by atoms with Gasteiger partial charge in [0.1, 0.15) is 0 Å². The molecular weight excluding hydrogens is 243 g/mol. The Bertz CT molecular complexity index is 323. The predicted molar refractivity (Wildman–Crippen MR) is 60.4 cm³/mol. The van der Waals surface area contributed by atoms with Gasteiger partial charge in [0.15, 0.2) is 0 Å². The van der Waals surface area contributed by atoms with E-state index in [1.807, 2.05) is 0 Å². The molecule has 0 saturated carbocycles. The Hall–Kier alpha value is -0.0757. The van der Waals surface area contributed by atoms with E-state index in [0.29, 0.717) is 0 Å². The van der Waals surface area contributed by atoms with E-state index < -0.39 is 0 Å². The molecule has 0 aliphatic heterocycles. The van der Waals surface area contributed by atoms with Crippen LogP contribution in [0.1, 0.15) is 19.8 Å². The number of hydrogen-bond donors (Lipinski definition) is 0. The zero-order chi connectivity index (χ0) is 10.0. The molecule has 0 radical (unpaired) electrons. The second-order valence-corrected chi connectivity index (χ2v) is 4.10. The van der Waals surface area contributed by atoms with E-state index in [1.165, 1.54) is 11.1 Å². The minimum absolute atomic E-state index is 0. The maximum Gasteiger partial charge on any atom is -0.147 e. The molecule has 0 spiro atoms. The van der Waals surface area contributed by atoms with Crippen LogP contribution in [0.25, 0.3) is 0 Å². The van der Waals surface area contributed by atoms with Crippen molar-refractivity contribution in [2.24, 2.45) is 0 Å². The van der Waals surface area contributed by atoms with Crippen LogP contribution < -0.4 is 0 Å². The van der Waals surface area contributed by atoms with Gasteiger partial charge in [-0.15, -0.1) is 12.4 Å². The summed E-state index contributed by atoms with van der Waals surface area (Å²) in [6.07, 6.45) is 14.9. The van der Waals surface area contributed by atoms with Crippen molar-refractivity contribution in [3.8, 4) is 0 Å². The van der Waals surface area contributed by atoms with Crippen LogP contribution in [0.2, 0.25) is 0 Å². The van der Waals surface area contributed by atoms with Crippen LogP contribution in [-0.4, -0.2) is 5.60 Å². The van der Waals surface area contributed by atoms with E-state index >= 15 is 0 Å². The molecule has 0 atom stereocenters. The van der Waals surface area contributed by atoms with Crippen LogP contribution in [-0.2, 0) is 24.1 Å². The van der Waals surface area contributed by atoms with Gasteiger partial charge in [-0.2, -0.15) is 0 Å². The Morgan fingerprint density at radius 2 is 1.60 bits per heavy atom. The fraction of sp³-hybridized carbons (Fsp3) is 0.333. The first kappa shape index (κ1) is 13.0. The molecule has 15 heavy (non-hydrogen) atoms. The Morgan fingerprint density at radius 3 is 1.87 bits per heavy atom. The maximum absolute atomic E-state index is 5.69. The van der Waals surface area contributed by atoms with E-state index in [-0.39, 0.29) is 18.0 Å². The molecule has 2 rings (SSSR count). The normalized spacial score (nSPS) is 18.7. The molecule has 0 N–H and O–H groups in total. The van der Waals surface area contributed by atoms with Gasteiger partial charge in [0.25, 0.3) is 0 Å². The Labute approximate surface area is 109 Å². The van der Waals surface area contributed by atoms with Crippen LogP contribution in [0.5, 0.6) is 0 Å². The fourth-order valence-electron chi connectivity index (χ4n) is 1.94. The topological polar surface area (TPSA) is 9.23 Å². The summed E-state index contributed by atoms with van der Waals surface area (Å²) in [6.45, 7) is 2.16. The second kappa shape index (κ2) is 5.31. The largest absolute Gasteiger partial charge is 0.147 e. The van der Waals surface area contributed by atoms with Crippen molar-refractivity contribution in [3.05, 3.63) is 47.6 Å². The summed E-state index contributed by atoms with van der Waals surface area (Å²) in [4.78, 5) is 0. The quantitative estimate of drug-likeness (QED) is 0.704. The molecule has 0 bridgehead atoms. The van der Waals surface area contributed by atoms with Crippen LogP contribution in [0.15, 0.2) is 47.6 Å². The average Bonchev–Trinajstić information content (AvgIpc) is 2.88. The molecule has 0 saturated heterocycles. The van der Waals surface area contributed by atoms with Crippen molar-refractivity contribution in [1.82, 2.24) is 0 Å². The van der Waals surface area contributed by atoms with Gasteiger partial charge in [-0.1, -0.05) is 0 Å². The fourth-order valence-corrected chi connectivity index (χ4v) is 2.35. The van der Waals surface area contributed by atoms with Crippen LogP contribution in [0, 0.1) is 0 Å². The van der Waals surface area contributed by atoms with Crippen molar-refractivity contribution >= 4 is 12.4 Å². The smallest absolute Gasteiger partial charge is 0.147 e. The van der Waals surface area contributed by atoms with E-state index in [0.717, 1.165) is 12.8 Å². The SMILES string of the molecule is CC([O][Ti])(C1=CC=CC1)C1=CC=CC1.Cl. The average molecular weight is 258 g/mol. The molecule has 0 unspecified atom stereocenters. The molecule has 0 aromatic rings. The van der Waals surface area contributed by atoms with Gasteiger partial charge < -0.3 is 0 Å². The molecule has 2 aliphatic rings. The first-order valence-corrected chi connectivity index (χ1v) is 5.48. The van der Waals surface area contributed by atoms with Crippen LogP contribution in [0.3, 0.4) is 0 Å². The third kappa shape index (κ3) is 2.37. The minimum atomic E-state index is -0.201. The van der Waals surface area contributed by atoms with E-state index in [9.17, 15) is 0 Å². The number of hydrogen-bond acceptors (Lipinski definition) is 1. The number of halogens is 1. The zero-order valence-corrected chi connectivity index (χ0v) is 11.1. The molecule has 0 amide bonds. The van der Waals surface area contributed by atoms with E-state index in [2.05, 4.69) is 43.4 Å². The molecule has 0 aromatic carbocycles. The summed E-state index contributed by atoms with van der Waals surface area (Å²) in [6, 6.07) is 0. The van der Waals surface area contributed by atoms with Crippen molar-refractivity contribution in [1.29, 1.82) is 0 Å². The Balaban J connectivity index is 0.00000112. The standard InChI is InChI=1S/C12H13O.ClH.Ti/c1-12(13,10-6-2-3-7-10)11-8-4-5-9-11;;/h2-6,8H,7,9H2,1H3;1H;/q-1;;+1. The molecule has 2 aliphatic carbocycles. The Morgan fingerprint density at radius 1 is 1.13 bits per heavy atom. The van der Waals surface area contributed by atoms with Gasteiger partial charge in [0, 0.05) is 0 Å². The summed E-state index contributed by atoms with van der Waals surface area (Å²) in [7, 11) is 0. The summed E-state index contributed by atoms with van der Waals surface area (Å²) in [5.74, 6) is 0. The van der Waals surface area contributed by atoms with Gasteiger partial charge in [-0.25, -0.2) is 0 Å². The molecule has 0 heterocycles. The molecule has 0 aromatic heterocycles. The summed E-state index contributed by atoms with van der Waals surface area (Å²) < 4.78 is 5.69. The van der Waals surface area contributed by atoms with Crippen molar-refractivity contribution in [2.45, 2.75) is 25.4 Å². The van der Waals surface area contributed by atoms with Gasteiger partial charge in [-0.05, 0) is 0 Å². The zero-order valence-electron chi connectivity index (χ0n) is 8.69. The molecule has 0 fully saturated rings. The van der Waals surface area contributed by atoms with Crippen LogP contribution in [0.4, 0.5) is 0 Å². The van der Waals surface area contributed by atoms with Crippen molar-refractivity contribution in [3.63, 3.8) is 0 Å². The molecular formula is C12H14ClOTi. The van der Waals surface area contributed by atoms with Gasteiger partial charge >= 0.3 is 97.1 Å². The first-order chi connectivity index (χ1) is 6.77. The van der Waals surface area contributed by atoms with E-state index in [1.54, 1.807) is 20.8 Å². The molecule has 1 nitrogen and oxygen atoms in total. The minimum Gasteiger partial charge on any atom is -0.147 e. The molecule has 3 heteroatoms. The predicted octanol–water partition coefficient (Wildman–Crippen LogP) is 3.42. The summed E-state index contributed by atoms with van der Waals surface area (Å²) >= 11 is 1.79. The van der Waals surface area contributed by atoms with Crippen molar-refractivity contribution in [2.75, 3.05) is 0 Å². The monoisotopic (exact) mass is 257 g/mol.